The minimum absolute atomic E-state index is 0.170. The molecule has 0 aliphatic carbocycles. The number of nitriles is 1. The van der Waals surface area contributed by atoms with Crippen molar-refractivity contribution in [3.63, 3.8) is 0 Å². The lowest BCUT2D eigenvalue weighted by Gasteiger charge is -2.08. The molecule has 8 nitrogen and oxygen atoms in total. The zero-order chi connectivity index (χ0) is 18.6. The number of aromatic nitrogens is 2. The summed E-state index contributed by atoms with van der Waals surface area (Å²) in [5.74, 6) is 1.12. The minimum atomic E-state index is -0.376. The van der Waals surface area contributed by atoms with Crippen LogP contribution in [-0.2, 0) is 0 Å². The lowest BCUT2D eigenvalue weighted by Crippen LogP contribution is -2.14. The number of carbonyl (C=O) groups excluding carboxylic acids is 1. The fraction of sp³-hybridized carbons (Fsp3) is 0.0526. The Balaban J connectivity index is 1.48. The number of ether oxygens (including phenoxy) is 2. The van der Waals surface area contributed by atoms with Crippen molar-refractivity contribution in [2.75, 3.05) is 17.4 Å². The Morgan fingerprint density at radius 3 is 2.63 bits per heavy atom. The number of fused-ring (bicyclic) bond motifs is 1. The molecule has 0 fully saturated rings. The van der Waals surface area contributed by atoms with E-state index in [1.807, 2.05) is 0 Å². The molecule has 27 heavy (non-hydrogen) atoms. The van der Waals surface area contributed by atoms with Crippen LogP contribution in [0.3, 0.4) is 0 Å². The summed E-state index contributed by atoms with van der Waals surface area (Å²) in [5, 5.41) is 14.6. The second kappa shape index (κ2) is 7.01. The maximum absolute atomic E-state index is 12.5. The van der Waals surface area contributed by atoms with Gasteiger partial charge in [0.25, 0.3) is 5.91 Å². The number of nitrogens with zero attached hydrogens (tertiary/aromatic N) is 3. The second-order valence-corrected chi connectivity index (χ2v) is 5.60. The quantitative estimate of drug-likeness (QED) is 0.737. The number of rotatable bonds is 4. The van der Waals surface area contributed by atoms with Crippen molar-refractivity contribution in [2.24, 2.45) is 0 Å². The molecular formula is C19H13N5O3. The summed E-state index contributed by atoms with van der Waals surface area (Å²) in [4.78, 5) is 20.8. The van der Waals surface area contributed by atoms with Gasteiger partial charge in [0.2, 0.25) is 12.7 Å². The molecule has 0 spiro atoms. The molecule has 1 aromatic heterocycles. The van der Waals surface area contributed by atoms with Gasteiger partial charge in [0.1, 0.15) is 5.69 Å². The molecule has 0 bridgehead atoms. The summed E-state index contributed by atoms with van der Waals surface area (Å²) in [7, 11) is 0. The molecule has 1 aliphatic heterocycles. The average molecular weight is 359 g/mol. The SMILES string of the molecule is N#Cc1ccc(Nc2nccc(C(=O)Nc3ccc4c(c3)OCO4)n2)cc1. The standard InChI is InChI=1S/C19H13N5O3/c20-10-12-1-3-13(4-2-12)23-19-21-8-7-15(24-19)18(25)22-14-5-6-16-17(9-14)27-11-26-16/h1-9H,11H2,(H,22,25)(H,21,23,24). The highest BCUT2D eigenvalue weighted by Crippen LogP contribution is 2.34. The first-order chi connectivity index (χ1) is 13.2. The third-order valence-electron chi connectivity index (χ3n) is 3.79. The summed E-state index contributed by atoms with van der Waals surface area (Å²) < 4.78 is 10.5. The molecular weight excluding hydrogens is 346 g/mol. The van der Waals surface area contributed by atoms with E-state index in [0.29, 0.717) is 28.4 Å². The molecule has 132 valence electrons. The van der Waals surface area contributed by atoms with E-state index in [4.69, 9.17) is 14.7 Å². The fourth-order valence-electron chi connectivity index (χ4n) is 2.47. The first-order valence-electron chi connectivity index (χ1n) is 8.02. The Hall–Kier alpha value is -4.12. The number of amides is 1. The molecule has 1 amide bonds. The highest BCUT2D eigenvalue weighted by Gasteiger charge is 2.15. The third kappa shape index (κ3) is 3.62. The highest BCUT2D eigenvalue weighted by molar-refractivity contribution is 6.03. The van der Waals surface area contributed by atoms with Crippen LogP contribution in [0, 0.1) is 11.3 Å². The smallest absolute Gasteiger partial charge is 0.274 e. The summed E-state index contributed by atoms with van der Waals surface area (Å²) in [6, 6.07) is 15.6. The summed E-state index contributed by atoms with van der Waals surface area (Å²) >= 11 is 0. The van der Waals surface area contributed by atoms with E-state index in [0.717, 1.165) is 0 Å². The number of benzene rings is 2. The third-order valence-corrected chi connectivity index (χ3v) is 3.79. The predicted octanol–water partition coefficient (Wildman–Crippen LogP) is 3.07. The molecule has 4 rings (SSSR count). The Kier molecular flexibility index (Phi) is 4.25. The van der Waals surface area contributed by atoms with Crippen LogP contribution in [0.25, 0.3) is 0 Å². The molecule has 2 heterocycles. The normalized spacial score (nSPS) is 11.5. The van der Waals surface area contributed by atoms with Crippen molar-refractivity contribution in [1.29, 1.82) is 5.26 Å². The molecule has 0 atom stereocenters. The van der Waals surface area contributed by atoms with E-state index < -0.39 is 0 Å². The van der Waals surface area contributed by atoms with Crippen molar-refractivity contribution in [2.45, 2.75) is 0 Å². The zero-order valence-electron chi connectivity index (χ0n) is 14.0. The Morgan fingerprint density at radius 2 is 1.81 bits per heavy atom. The second-order valence-electron chi connectivity index (χ2n) is 5.60. The summed E-state index contributed by atoms with van der Waals surface area (Å²) in [6.45, 7) is 0.170. The van der Waals surface area contributed by atoms with Gasteiger partial charge in [-0.1, -0.05) is 0 Å². The summed E-state index contributed by atoms with van der Waals surface area (Å²) in [5.41, 5.74) is 2.05. The summed E-state index contributed by atoms with van der Waals surface area (Å²) in [6.07, 6.45) is 1.49. The van der Waals surface area contributed by atoms with Crippen LogP contribution in [0.4, 0.5) is 17.3 Å². The molecule has 0 saturated carbocycles. The lowest BCUT2D eigenvalue weighted by atomic mass is 10.2. The Morgan fingerprint density at radius 1 is 1.04 bits per heavy atom. The van der Waals surface area contributed by atoms with E-state index in [1.54, 1.807) is 42.5 Å². The van der Waals surface area contributed by atoms with Gasteiger partial charge in [-0.05, 0) is 42.5 Å². The number of carbonyl (C=O) groups is 1. The van der Waals surface area contributed by atoms with Crippen LogP contribution < -0.4 is 20.1 Å². The van der Waals surface area contributed by atoms with E-state index >= 15 is 0 Å². The van der Waals surface area contributed by atoms with Gasteiger partial charge in [0.05, 0.1) is 11.6 Å². The molecule has 0 saturated heterocycles. The first kappa shape index (κ1) is 16.4. The van der Waals surface area contributed by atoms with Crippen molar-refractivity contribution >= 4 is 23.2 Å². The predicted molar refractivity (Wildman–Crippen MR) is 97.0 cm³/mol. The van der Waals surface area contributed by atoms with Crippen LogP contribution in [0.5, 0.6) is 11.5 Å². The molecule has 8 heteroatoms. The number of hydrogen-bond acceptors (Lipinski definition) is 7. The fourth-order valence-corrected chi connectivity index (χ4v) is 2.47. The van der Waals surface area contributed by atoms with Gasteiger partial charge in [-0.15, -0.1) is 0 Å². The minimum Gasteiger partial charge on any atom is -0.454 e. The molecule has 1 aliphatic rings. The monoisotopic (exact) mass is 359 g/mol. The maximum atomic E-state index is 12.5. The van der Waals surface area contributed by atoms with Gasteiger partial charge in [-0.25, -0.2) is 9.97 Å². The molecule has 2 aromatic carbocycles. The van der Waals surface area contributed by atoms with Gasteiger partial charge in [0.15, 0.2) is 11.5 Å². The van der Waals surface area contributed by atoms with E-state index in [1.165, 1.54) is 12.3 Å². The largest absolute Gasteiger partial charge is 0.454 e. The Bertz CT molecular complexity index is 1040. The lowest BCUT2D eigenvalue weighted by molar-refractivity contribution is 0.102. The average Bonchev–Trinajstić information content (AvgIpc) is 3.16. The van der Waals surface area contributed by atoms with Crippen LogP contribution in [-0.4, -0.2) is 22.7 Å². The van der Waals surface area contributed by atoms with Gasteiger partial charge < -0.3 is 20.1 Å². The van der Waals surface area contributed by atoms with Crippen LogP contribution in [0.2, 0.25) is 0 Å². The van der Waals surface area contributed by atoms with E-state index in [-0.39, 0.29) is 24.3 Å². The van der Waals surface area contributed by atoms with E-state index in [2.05, 4.69) is 26.7 Å². The number of anilines is 3. The Labute approximate surface area is 154 Å². The van der Waals surface area contributed by atoms with Crippen molar-refractivity contribution in [1.82, 2.24) is 9.97 Å². The van der Waals surface area contributed by atoms with Crippen LogP contribution in [0.1, 0.15) is 16.1 Å². The van der Waals surface area contributed by atoms with Crippen LogP contribution >= 0.6 is 0 Å². The molecule has 2 N–H and O–H groups in total. The van der Waals surface area contributed by atoms with Gasteiger partial charge in [-0.3, -0.25) is 4.79 Å². The van der Waals surface area contributed by atoms with Crippen LogP contribution in [0.15, 0.2) is 54.7 Å². The molecule has 3 aromatic rings. The molecule has 0 radical (unpaired) electrons. The van der Waals surface area contributed by atoms with Crippen molar-refractivity contribution in [3.8, 4) is 17.6 Å². The topological polar surface area (TPSA) is 109 Å². The van der Waals surface area contributed by atoms with Crippen molar-refractivity contribution in [3.05, 3.63) is 66.0 Å². The number of nitrogens with one attached hydrogen (secondary N) is 2. The zero-order valence-corrected chi connectivity index (χ0v) is 14.0. The van der Waals surface area contributed by atoms with Crippen molar-refractivity contribution < 1.29 is 14.3 Å². The molecule has 0 unspecified atom stereocenters. The number of hydrogen-bond donors (Lipinski definition) is 2. The first-order valence-corrected chi connectivity index (χ1v) is 8.02. The highest BCUT2D eigenvalue weighted by atomic mass is 16.7. The van der Waals surface area contributed by atoms with Gasteiger partial charge in [0, 0.05) is 23.6 Å². The van der Waals surface area contributed by atoms with E-state index in [9.17, 15) is 4.79 Å². The van der Waals surface area contributed by atoms with Gasteiger partial charge in [-0.2, -0.15) is 5.26 Å². The maximum Gasteiger partial charge on any atom is 0.274 e. The van der Waals surface area contributed by atoms with Gasteiger partial charge >= 0.3 is 0 Å².